The van der Waals surface area contributed by atoms with Gasteiger partial charge in [-0.2, -0.15) is 18.2 Å². The van der Waals surface area contributed by atoms with Crippen LogP contribution in [0, 0.1) is 5.82 Å². The molecule has 176 valence electrons. The van der Waals surface area contributed by atoms with E-state index in [1.165, 1.54) is 22.2 Å². The average molecular weight is 492 g/mol. The van der Waals surface area contributed by atoms with Crippen LogP contribution < -0.4 is 5.56 Å². The lowest BCUT2D eigenvalue weighted by Crippen LogP contribution is -2.34. The normalized spacial score (nSPS) is 14.3. The molecule has 34 heavy (non-hydrogen) atoms. The molecule has 1 aliphatic rings. The van der Waals surface area contributed by atoms with Crippen LogP contribution >= 0.6 is 11.3 Å². The van der Waals surface area contributed by atoms with Crippen molar-refractivity contribution in [2.45, 2.75) is 25.6 Å². The Hall–Kier alpha value is -3.54. The molecule has 3 aromatic heterocycles. The summed E-state index contributed by atoms with van der Waals surface area (Å²) in [6, 6.07) is 2.59. The zero-order valence-electron chi connectivity index (χ0n) is 17.4. The van der Waals surface area contributed by atoms with Crippen molar-refractivity contribution in [1.29, 1.82) is 0 Å². The quantitative estimate of drug-likeness (QED) is 0.390. The van der Waals surface area contributed by atoms with E-state index < -0.39 is 23.1 Å². The Labute approximate surface area is 193 Å². The van der Waals surface area contributed by atoms with E-state index in [-0.39, 0.29) is 34.8 Å². The van der Waals surface area contributed by atoms with Gasteiger partial charge in [-0.05, 0) is 30.5 Å². The zero-order valence-corrected chi connectivity index (χ0v) is 18.2. The zero-order chi connectivity index (χ0) is 24.0. The predicted molar refractivity (Wildman–Crippen MR) is 116 cm³/mol. The summed E-state index contributed by atoms with van der Waals surface area (Å²) in [6.07, 6.45) is -0.571. The Balaban J connectivity index is 1.70. The number of amides is 1. The van der Waals surface area contributed by atoms with E-state index in [0.29, 0.717) is 29.4 Å². The molecule has 0 radical (unpaired) electrons. The first kappa shape index (κ1) is 22.3. The molecule has 0 atom stereocenters. The van der Waals surface area contributed by atoms with Crippen molar-refractivity contribution in [3.8, 4) is 22.5 Å². The lowest BCUT2D eigenvalue weighted by molar-refractivity contribution is -0.140. The molecule has 4 aromatic rings. The van der Waals surface area contributed by atoms with Gasteiger partial charge in [0.25, 0.3) is 5.56 Å². The standard InChI is InChI=1S/C22H16F4N4O3S/c23-16-4-3-12(7-15(16)22(24,25)26)14-10-34-19-13(20-27-11-33-28-20)8-30(21(32)18(14)19)9-17(31)29-5-1-2-6-29/h3-4,7-8,10-11H,1-2,5-6,9H2. The van der Waals surface area contributed by atoms with Crippen LogP contribution in [0.1, 0.15) is 18.4 Å². The van der Waals surface area contributed by atoms with Gasteiger partial charge in [0.2, 0.25) is 18.1 Å². The van der Waals surface area contributed by atoms with E-state index >= 15 is 0 Å². The number of pyridine rings is 1. The van der Waals surface area contributed by atoms with E-state index in [1.807, 2.05) is 0 Å². The van der Waals surface area contributed by atoms with Crippen molar-refractivity contribution >= 4 is 27.3 Å². The molecule has 12 heteroatoms. The summed E-state index contributed by atoms with van der Waals surface area (Å²) in [5.74, 6) is -1.48. The Bertz CT molecular complexity index is 1440. The predicted octanol–water partition coefficient (Wildman–Crippen LogP) is 4.56. The van der Waals surface area contributed by atoms with Gasteiger partial charge in [-0.25, -0.2) is 4.39 Å². The molecule has 1 fully saturated rings. The highest BCUT2D eigenvalue weighted by Crippen LogP contribution is 2.39. The first-order valence-electron chi connectivity index (χ1n) is 10.3. The van der Waals surface area contributed by atoms with Crippen LogP contribution in [-0.4, -0.2) is 38.6 Å². The van der Waals surface area contributed by atoms with Crippen LogP contribution in [0.4, 0.5) is 17.6 Å². The lowest BCUT2D eigenvalue weighted by Gasteiger charge is -2.16. The minimum absolute atomic E-state index is 0.0276. The molecule has 7 nitrogen and oxygen atoms in total. The number of hydrogen-bond acceptors (Lipinski definition) is 6. The maximum Gasteiger partial charge on any atom is 0.419 e. The summed E-state index contributed by atoms with van der Waals surface area (Å²) in [5.41, 5.74) is -1.36. The number of thiophene rings is 1. The van der Waals surface area contributed by atoms with E-state index in [2.05, 4.69) is 10.1 Å². The maximum atomic E-state index is 13.9. The van der Waals surface area contributed by atoms with Gasteiger partial charge in [0.1, 0.15) is 12.4 Å². The van der Waals surface area contributed by atoms with Crippen molar-refractivity contribution in [3.05, 3.63) is 57.9 Å². The van der Waals surface area contributed by atoms with Gasteiger partial charge in [0, 0.05) is 30.2 Å². The molecule has 1 aromatic carbocycles. The molecule has 1 aliphatic heterocycles. The summed E-state index contributed by atoms with van der Waals surface area (Å²) in [7, 11) is 0. The summed E-state index contributed by atoms with van der Waals surface area (Å²) < 4.78 is 60.2. The fourth-order valence-corrected chi connectivity index (χ4v) is 5.16. The van der Waals surface area contributed by atoms with Crippen LogP contribution in [0.2, 0.25) is 0 Å². The van der Waals surface area contributed by atoms with Crippen molar-refractivity contribution < 1.29 is 26.9 Å². The number of nitrogens with zero attached hydrogens (tertiary/aromatic N) is 4. The molecule has 1 saturated heterocycles. The van der Waals surface area contributed by atoms with Crippen LogP contribution in [-0.2, 0) is 17.5 Å². The van der Waals surface area contributed by atoms with Gasteiger partial charge in [-0.1, -0.05) is 11.2 Å². The van der Waals surface area contributed by atoms with Crippen molar-refractivity contribution in [2.75, 3.05) is 13.1 Å². The Morgan fingerprint density at radius 3 is 2.62 bits per heavy atom. The third-order valence-electron chi connectivity index (χ3n) is 5.74. The van der Waals surface area contributed by atoms with Crippen LogP contribution in [0.25, 0.3) is 32.6 Å². The van der Waals surface area contributed by atoms with E-state index in [0.717, 1.165) is 36.6 Å². The summed E-state index contributed by atoms with van der Waals surface area (Å²) in [4.78, 5) is 31.9. The summed E-state index contributed by atoms with van der Waals surface area (Å²) in [6.45, 7) is 0.964. The fourth-order valence-electron chi connectivity index (χ4n) is 4.09. The second-order valence-corrected chi connectivity index (χ2v) is 8.74. The molecular formula is C22H16F4N4O3S. The monoisotopic (exact) mass is 492 g/mol. The number of likely N-dealkylation sites (tertiary alicyclic amines) is 1. The molecule has 5 rings (SSSR count). The molecule has 0 bridgehead atoms. The molecule has 0 aliphatic carbocycles. The van der Waals surface area contributed by atoms with E-state index in [1.54, 1.807) is 4.90 Å². The molecule has 0 saturated carbocycles. The number of carbonyl (C=O) groups is 1. The van der Waals surface area contributed by atoms with E-state index in [4.69, 9.17) is 4.52 Å². The van der Waals surface area contributed by atoms with Crippen molar-refractivity contribution in [3.63, 3.8) is 0 Å². The summed E-state index contributed by atoms with van der Waals surface area (Å²) >= 11 is 1.11. The topological polar surface area (TPSA) is 81.2 Å². The number of fused-ring (bicyclic) bond motifs is 1. The Morgan fingerprint density at radius 2 is 1.94 bits per heavy atom. The second-order valence-electron chi connectivity index (χ2n) is 7.86. The van der Waals surface area contributed by atoms with Gasteiger partial charge in [0.15, 0.2) is 0 Å². The van der Waals surface area contributed by atoms with Crippen molar-refractivity contribution in [1.82, 2.24) is 19.6 Å². The fraction of sp³-hybridized carbons (Fsp3) is 0.273. The van der Waals surface area contributed by atoms with Gasteiger partial charge in [-0.15, -0.1) is 11.3 Å². The molecule has 1 amide bonds. The minimum atomic E-state index is -4.90. The third-order valence-corrected chi connectivity index (χ3v) is 6.76. The Kier molecular flexibility index (Phi) is 5.47. The van der Waals surface area contributed by atoms with Gasteiger partial charge >= 0.3 is 6.18 Å². The first-order chi connectivity index (χ1) is 16.2. The second kappa shape index (κ2) is 8.35. The third kappa shape index (κ3) is 3.87. The number of halogens is 4. The molecule has 0 spiro atoms. The van der Waals surface area contributed by atoms with Crippen LogP contribution in [0.15, 0.2) is 45.5 Å². The highest BCUT2D eigenvalue weighted by atomic mass is 32.1. The van der Waals surface area contributed by atoms with E-state index in [9.17, 15) is 27.2 Å². The smallest absolute Gasteiger partial charge is 0.342 e. The average Bonchev–Trinajstić information content (AvgIpc) is 3.56. The first-order valence-corrected chi connectivity index (χ1v) is 11.2. The SMILES string of the molecule is O=C(Cn1cc(-c2ncon2)c2scc(-c3ccc(F)c(C(F)(F)F)c3)c2c1=O)N1CCCC1. The largest absolute Gasteiger partial charge is 0.419 e. The van der Waals surface area contributed by atoms with Gasteiger partial charge in [0.05, 0.1) is 21.2 Å². The minimum Gasteiger partial charge on any atom is -0.342 e. The maximum absolute atomic E-state index is 13.9. The number of carbonyl (C=O) groups excluding carboxylic acids is 1. The van der Waals surface area contributed by atoms with Gasteiger partial charge < -0.3 is 14.0 Å². The number of aromatic nitrogens is 3. The number of hydrogen-bond donors (Lipinski definition) is 0. The highest BCUT2D eigenvalue weighted by molar-refractivity contribution is 7.18. The lowest BCUT2D eigenvalue weighted by atomic mass is 10.0. The molecule has 0 N–H and O–H groups in total. The number of rotatable bonds is 4. The Morgan fingerprint density at radius 1 is 1.18 bits per heavy atom. The highest BCUT2D eigenvalue weighted by Gasteiger charge is 2.34. The number of benzene rings is 1. The molecular weight excluding hydrogens is 476 g/mol. The van der Waals surface area contributed by atoms with Gasteiger partial charge in [-0.3, -0.25) is 9.59 Å². The van der Waals surface area contributed by atoms with Crippen LogP contribution in [0.3, 0.4) is 0 Å². The summed E-state index contributed by atoms with van der Waals surface area (Å²) in [5, 5.41) is 5.44. The molecule has 4 heterocycles. The van der Waals surface area contributed by atoms with Crippen LogP contribution in [0.5, 0.6) is 0 Å². The molecule has 0 unspecified atom stereocenters. The number of alkyl halides is 3. The van der Waals surface area contributed by atoms with Crippen molar-refractivity contribution in [2.24, 2.45) is 0 Å².